The van der Waals surface area contributed by atoms with Gasteiger partial charge in [0.25, 0.3) is 17.7 Å². The minimum Gasteiger partial charge on any atom is -0.496 e. The van der Waals surface area contributed by atoms with Gasteiger partial charge in [-0.25, -0.2) is 24.0 Å². The highest BCUT2D eigenvalue weighted by Crippen LogP contribution is 2.35. The molecule has 0 aliphatic carbocycles. The highest BCUT2D eigenvalue weighted by Gasteiger charge is 2.46. The first-order valence-electron chi connectivity index (χ1n) is 40.3. The molecule has 3 heterocycles. The van der Waals surface area contributed by atoms with Gasteiger partial charge in [-0.3, -0.25) is 52.7 Å². The van der Waals surface area contributed by atoms with Gasteiger partial charge in [0.05, 0.1) is 49.7 Å². The molecule has 0 unspecified atom stereocenters. The smallest absolute Gasteiger partial charge is 0.330 e. The van der Waals surface area contributed by atoms with E-state index in [9.17, 15) is 81.8 Å². The van der Waals surface area contributed by atoms with Crippen LogP contribution in [0.25, 0.3) is 0 Å². The zero-order valence-electron chi connectivity index (χ0n) is 71.3. The van der Waals surface area contributed by atoms with Crippen LogP contribution in [-0.2, 0) is 118 Å². The largest absolute Gasteiger partial charge is 0.496 e. The number of carboxylic acids is 2. The molecule has 660 valence electrons. The Hall–Kier alpha value is -12.4. The molecule has 0 spiro atoms. The van der Waals surface area contributed by atoms with Gasteiger partial charge in [0.15, 0.2) is 0 Å². The lowest BCUT2D eigenvalue weighted by Gasteiger charge is -2.36. The molecule has 5 amide bonds. The Morgan fingerprint density at radius 1 is 0.467 bits per heavy atom. The molecule has 4 aromatic carbocycles. The predicted octanol–water partition coefficient (Wildman–Crippen LogP) is 11.3. The molecular formula is C91H115N5O26. The number of hydrogen-bond donors (Lipinski definition) is 4. The van der Waals surface area contributed by atoms with Crippen LogP contribution >= 0.6 is 0 Å². The van der Waals surface area contributed by atoms with E-state index in [1.54, 1.807) is 62.8 Å². The number of carbonyl (C=O) groups is 16. The van der Waals surface area contributed by atoms with E-state index in [4.69, 9.17) is 43.0 Å². The number of hydrogen-bond acceptors (Lipinski definition) is 24. The molecule has 4 N–H and O–H groups in total. The third-order valence-corrected chi connectivity index (χ3v) is 20.4. The Kier molecular flexibility index (Phi) is 40.0. The molecule has 31 nitrogen and oxygen atoms in total. The van der Waals surface area contributed by atoms with Crippen LogP contribution in [0.4, 0.5) is 11.4 Å². The number of carboxylic acid groups (broad SMARTS) is 2. The fourth-order valence-electron chi connectivity index (χ4n) is 13.2. The highest BCUT2D eigenvalue weighted by molar-refractivity contribution is 6.39. The summed E-state index contributed by atoms with van der Waals surface area (Å²) in [4.78, 5) is 203. The van der Waals surface area contributed by atoms with Crippen LogP contribution in [-0.4, -0.2) is 198 Å². The molecule has 31 heteroatoms. The summed E-state index contributed by atoms with van der Waals surface area (Å²) in [5.74, 6) is -10.3. The summed E-state index contributed by atoms with van der Waals surface area (Å²) in [7, 11) is 3.18. The van der Waals surface area contributed by atoms with E-state index in [-0.39, 0.29) is 78.2 Å². The first-order chi connectivity index (χ1) is 57.7. The fraction of sp³-hybridized carbons (Fsp3) is 0.473. The Balaban J connectivity index is 0.000000347. The van der Waals surface area contributed by atoms with Gasteiger partial charge in [-0.05, 0) is 209 Å². The Morgan fingerprint density at radius 3 is 1.22 bits per heavy atom. The molecule has 0 saturated carbocycles. The molecule has 5 atom stereocenters. The number of esters is 6. The van der Waals surface area contributed by atoms with Crippen LogP contribution in [0.15, 0.2) is 136 Å². The maximum absolute atomic E-state index is 13.9. The second-order valence-corrected chi connectivity index (χ2v) is 31.5. The molecular weight excluding hydrogens is 1580 g/mol. The quantitative estimate of drug-likeness (QED) is 0.0105. The van der Waals surface area contributed by atoms with Crippen LogP contribution < -0.4 is 20.1 Å². The Bertz CT molecular complexity index is 4480. The van der Waals surface area contributed by atoms with E-state index in [0.29, 0.717) is 106 Å². The number of anilines is 2. The van der Waals surface area contributed by atoms with E-state index < -0.39 is 141 Å². The summed E-state index contributed by atoms with van der Waals surface area (Å²) in [6.07, 6.45) is 8.95. The number of piperidine rings is 3. The van der Waals surface area contributed by atoms with E-state index in [0.717, 1.165) is 50.8 Å². The monoisotopic (exact) mass is 1690 g/mol. The second-order valence-electron chi connectivity index (χ2n) is 31.5. The number of amides is 5. The fourth-order valence-corrected chi connectivity index (χ4v) is 13.2. The van der Waals surface area contributed by atoms with Gasteiger partial charge in [0, 0.05) is 56.0 Å². The van der Waals surface area contributed by atoms with Gasteiger partial charge >= 0.3 is 47.8 Å². The number of aryl methyl sites for hydroxylation is 4. The van der Waals surface area contributed by atoms with Crippen molar-refractivity contribution in [2.45, 2.75) is 201 Å². The number of ether oxygens (including phenoxy) is 8. The van der Waals surface area contributed by atoms with Crippen molar-refractivity contribution in [3.63, 3.8) is 0 Å². The van der Waals surface area contributed by atoms with Crippen molar-refractivity contribution in [3.05, 3.63) is 169 Å². The van der Waals surface area contributed by atoms with Crippen LogP contribution in [0.3, 0.4) is 0 Å². The van der Waals surface area contributed by atoms with Gasteiger partial charge in [-0.15, -0.1) is 6.58 Å². The topological polar surface area (TPSA) is 421 Å². The number of rotatable bonds is 41. The number of likely N-dealkylation sites (tertiary alicyclic amines) is 3. The number of nitrogens with one attached hydrogen (secondary N) is 2. The summed E-state index contributed by atoms with van der Waals surface area (Å²) >= 11 is 0. The Labute approximate surface area is 711 Å². The SMILES string of the molecule is C=CC(=O)OCC(C)(C)C(=O)C(=O)N1CCCC[C@H]1C(=O)O[C@H](CCc1ccc(C)c(OC)c1)c1cccc(NC(=O)CCC(=O)O)c1.C=CCC(=O)OCC(C)(C)C(=O)C(=O)N1CCCC[C@H]1C(=O)O.C=CCOC(=O)CCC(=O)Nc1cccc([C@@H](CCc2ccc(C)c(OC)c2)OC(=O)[C@@H]2CCCCN2C(=O)C(=O)C(C)(C)COC(=O)C=C)c1. The summed E-state index contributed by atoms with van der Waals surface area (Å²) in [5, 5.41) is 23.6. The number of ketones is 3. The molecule has 3 saturated heterocycles. The van der Waals surface area contributed by atoms with Crippen molar-refractivity contribution >= 4 is 106 Å². The molecule has 0 radical (unpaired) electrons. The number of Topliss-reactive ketones (excluding diaryl/α,β-unsaturated/α-hetero) is 3. The second kappa shape index (κ2) is 48.7. The van der Waals surface area contributed by atoms with Crippen molar-refractivity contribution in [2.75, 3.05) is 70.9 Å². The number of methoxy groups -OCH3 is 2. The van der Waals surface area contributed by atoms with Gasteiger partial charge in [-0.2, -0.15) is 0 Å². The van der Waals surface area contributed by atoms with E-state index in [2.05, 4.69) is 36.9 Å². The van der Waals surface area contributed by atoms with Gasteiger partial charge < -0.3 is 73.4 Å². The van der Waals surface area contributed by atoms with Gasteiger partial charge in [-0.1, -0.05) is 80.4 Å². The average molecular weight is 1690 g/mol. The number of nitrogens with zero attached hydrogens (tertiary/aromatic N) is 3. The van der Waals surface area contributed by atoms with E-state index in [1.807, 2.05) is 50.2 Å². The van der Waals surface area contributed by atoms with Crippen molar-refractivity contribution in [2.24, 2.45) is 16.2 Å². The lowest BCUT2D eigenvalue weighted by molar-refractivity contribution is -0.165. The molecule has 3 aliphatic heterocycles. The zero-order chi connectivity index (χ0) is 90.6. The highest BCUT2D eigenvalue weighted by atomic mass is 16.6. The Morgan fingerprint density at radius 2 is 0.852 bits per heavy atom. The molecule has 0 bridgehead atoms. The maximum atomic E-state index is 13.9. The number of aliphatic carboxylic acids is 2. The number of benzene rings is 4. The summed E-state index contributed by atoms with van der Waals surface area (Å²) in [5.41, 5.74) is 1.96. The lowest BCUT2D eigenvalue weighted by Crippen LogP contribution is -2.53. The third-order valence-electron chi connectivity index (χ3n) is 20.4. The average Bonchev–Trinajstić information content (AvgIpc) is 0.806. The van der Waals surface area contributed by atoms with Crippen molar-refractivity contribution in [1.29, 1.82) is 0 Å². The minimum atomic E-state index is -1.34. The first kappa shape index (κ1) is 100. The molecule has 3 fully saturated rings. The molecule has 3 aliphatic rings. The molecule has 0 aromatic heterocycles. The van der Waals surface area contributed by atoms with E-state index in [1.165, 1.54) is 63.5 Å². The standard InChI is InChI=1S/C39H48N2O10.C36H44N2O10.C16H23NO6/c1-7-22-49-35(44)20-19-33(42)40-29-13-11-12-28(24-29)31(18-17-27-16-15-26(3)32(23-27)48-6)51-38(47)30-14-9-10-21-41(30)37(46)36(45)39(4,5)25-50-34(43)8-2;1-6-32(42)47-22-36(3,4)33(43)34(44)38-19-8-7-12-27(38)35(45)48-28(16-15-24-14-13-23(2)29(20-24)46-5)25-10-9-11-26(21-25)37-30(39)17-18-31(40)41;1-4-7-12(18)23-10-16(2,3)13(19)14(20)17-9-6-5-8-11(17)15(21)22/h7-8,11-13,15-16,23-24,30-31H,1-2,9-10,14,17-22,25H2,3-6H3,(H,40,42);6,9-11,13-14,20-21,27-28H,1,7-8,12,15-19,22H2,2-5H3,(H,37,39)(H,40,41);4,11H,1,5-10H2,2-3H3,(H,21,22)/t30-,31+;27-,28+;11-/m000/s1. The maximum Gasteiger partial charge on any atom is 0.330 e. The van der Waals surface area contributed by atoms with Crippen LogP contribution in [0.1, 0.15) is 190 Å². The summed E-state index contributed by atoms with van der Waals surface area (Å²) in [6, 6.07) is 22.3. The minimum absolute atomic E-state index is 0.0193. The first-order valence-corrected chi connectivity index (χ1v) is 40.3. The van der Waals surface area contributed by atoms with Crippen molar-refractivity contribution in [3.8, 4) is 11.5 Å². The predicted molar refractivity (Wildman–Crippen MR) is 447 cm³/mol. The van der Waals surface area contributed by atoms with Crippen molar-refractivity contribution in [1.82, 2.24) is 14.7 Å². The van der Waals surface area contributed by atoms with Crippen LogP contribution in [0.2, 0.25) is 0 Å². The van der Waals surface area contributed by atoms with Crippen LogP contribution in [0, 0.1) is 30.1 Å². The van der Waals surface area contributed by atoms with Crippen LogP contribution in [0.5, 0.6) is 11.5 Å². The van der Waals surface area contributed by atoms with Gasteiger partial charge in [0.2, 0.25) is 29.2 Å². The normalized spacial score (nSPS) is 15.5. The van der Waals surface area contributed by atoms with Gasteiger partial charge in [0.1, 0.15) is 68.3 Å². The summed E-state index contributed by atoms with van der Waals surface area (Å²) < 4.78 is 43.2. The van der Waals surface area contributed by atoms with E-state index >= 15 is 0 Å². The molecule has 122 heavy (non-hydrogen) atoms. The lowest BCUT2D eigenvalue weighted by atomic mass is 9.87. The molecule has 4 aromatic rings. The summed E-state index contributed by atoms with van der Waals surface area (Å²) in [6.45, 7) is 26.2. The molecule has 7 rings (SSSR count). The number of carbonyl (C=O) groups excluding carboxylic acids is 14. The van der Waals surface area contributed by atoms with Crippen molar-refractivity contribution < 1.29 is 125 Å². The third kappa shape index (κ3) is 31.3. The zero-order valence-corrected chi connectivity index (χ0v) is 71.3.